The number of aromatic amines is 1. The number of halogens is 2. The molecule has 0 atom stereocenters. The van der Waals surface area contributed by atoms with Gasteiger partial charge >= 0.3 is 0 Å². The molecule has 0 aliphatic rings. The van der Waals surface area contributed by atoms with E-state index in [4.69, 9.17) is 23.2 Å². The third-order valence-corrected chi connectivity index (χ3v) is 3.33. The predicted molar refractivity (Wildman–Crippen MR) is 82.2 cm³/mol. The monoisotopic (exact) mass is 309 g/mol. The zero-order valence-electron chi connectivity index (χ0n) is 11.0. The number of benzene rings is 1. The Kier molecular flexibility index (Phi) is 4.47. The Morgan fingerprint density at radius 1 is 1.35 bits per heavy atom. The Bertz CT molecular complexity index is 658. The Labute approximate surface area is 126 Å². The van der Waals surface area contributed by atoms with Crippen molar-refractivity contribution in [3.8, 4) is 0 Å². The first-order valence-electron chi connectivity index (χ1n) is 5.93. The highest BCUT2D eigenvalue weighted by Gasteiger charge is 2.08. The topological polar surface area (TPSA) is 57.8 Å². The third-order valence-electron chi connectivity index (χ3n) is 2.75. The Morgan fingerprint density at radius 3 is 2.75 bits per heavy atom. The zero-order valence-corrected chi connectivity index (χ0v) is 12.5. The quantitative estimate of drug-likeness (QED) is 0.842. The van der Waals surface area contributed by atoms with Gasteiger partial charge in [0.2, 0.25) is 5.91 Å². The lowest BCUT2D eigenvalue weighted by Gasteiger charge is -2.02. The number of hydrogen-bond donors (Lipinski definition) is 2. The average molecular weight is 310 g/mol. The van der Waals surface area contributed by atoms with Crippen molar-refractivity contribution in [2.75, 3.05) is 5.32 Å². The molecular weight excluding hydrogens is 297 g/mol. The van der Waals surface area contributed by atoms with Crippen LogP contribution in [-0.2, 0) is 4.79 Å². The van der Waals surface area contributed by atoms with Gasteiger partial charge in [0.05, 0.1) is 17.1 Å². The second kappa shape index (κ2) is 6.11. The van der Waals surface area contributed by atoms with E-state index < -0.39 is 0 Å². The van der Waals surface area contributed by atoms with Gasteiger partial charge in [0.1, 0.15) is 0 Å². The highest BCUT2D eigenvalue weighted by Crippen LogP contribution is 2.22. The van der Waals surface area contributed by atoms with Crippen LogP contribution in [-0.4, -0.2) is 16.1 Å². The van der Waals surface area contributed by atoms with Crippen LogP contribution in [0.3, 0.4) is 0 Å². The number of aromatic nitrogens is 2. The molecule has 0 bridgehead atoms. The van der Waals surface area contributed by atoms with Gasteiger partial charge in [0.25, 0.3) is 0 Å². The molecule has 1 amide bonds. The number of amides is 1. The molecule has 20 heavy (non-hydrogen) atoms. The zero-order chi connectivity index (χ0) is 14.7. The molecule has 4 nitrogen and oxygen atoms in total. The summed E-state index contributed by atoms with van der Waals surface area (Å²) in [6.07, 6.45) is 3.03. The largest absolute Gasteiger partial charge is 0.319 e. The summed E-state index contributed by atoms with van der Waals surface area (Å²) >= 11 is 11.9. The van der Waals surface area contributed by atoms with Crippen LogP contribution in [0.1, 0.15) is 17.0 Å². The van der Waals surface area contributed by atoms with Crippen LogP contribution in [0.5, 0.6) is 0 Å². The third kappa shape index (κ3) is 3.40. The molecule has 104 valence electrons. The summed E-state index contributed by atoms with van der Waals surface area (Å²) in [4.78, 5) is 11.9. The number of rotatable bonds is 3. The van der Waals surface area contributed by atoms with Crippen molar-refractivity contribution in [3.05, 3.63) is 51.3 Å². The molecule has 1 aromatic heterocycles. The van der Waals surface area contributed by atoms with Gasteiger partial charge in [-0.05, 0) is 43.7 Å². The highest BCUT2D eigenvalue weighted by molar-refractivity contribution is 6.34. The molecule has 0 spiro atoms. The van der Waals surface area contributed by atoms with E-state index in [2.05, 4.69) is 15.5 Å². The van der Waals surface area contributed by atoms with Crippen molar-refractivity contribution in [2.45, 2.75) is 13.8 Å². The summed E-state index contributed by atoms with van der Waals surface area (Å²) in [5.41, 5.74) is 2.93. The van der Waals surface area contributed by atoms with Crippen molar-refractivity contribution >= 4 is 40.9 Å². The first kappa shape index (κ1) is 14.6. The van der Waals surface area contributed by atoms with Crippen molar-refractivity contribution in [3.63, 3.8) is 0 Å². The van der Waals surface area contributed by atoms with Gasteiger partial charge in [-0.2, -0.15) is 5.10 Å². The standard InChI is InChI=1S/C14H13Cl2N3O/c1-8-14(9(2)19-18-8)17-13(20)6-3-10-7-11(15)4-5-12(10)16/h3-7H,1-2H3,(H,17,20)(H,18,19)/b6-3+. The molecule has 1 heterocycles. The maximum absolute atomic E-state index is 11.9. The lowest BCUT2D eigenvalue weighted by molar-refractivity contribution is -0.111. The first-order chi connectivity index (χ1) is 9.47. The SMILES string of the molecule is Cc1n[nH]c(C)c1NC(=O)/C=C/c1cc(Cl)ccc1Cl. The molecule has 0 aliphatic heterocycles. The maximum Gasteiger partial charge on any atom is 0.248 e. The number of carbonyl (C=O) groups is 1. The van der Waals surface area contributed by atoms with Gasteiger partial charge in [-0.3, -0.25) is 9.89 Å². The number of hydrogen-bond acceptors (Lipinski definition) is 2. The minimum Gasteiger partial charge on any atom is -0.319 e. The van der Waals surface area contributed by atoms with E-state index in [0.717, 1.165) is 11.4 Å². The van der Waals surface area contributed by atoms with Crippen molar-refractivity contribution in [1.29, 1.82) is 0 Å². The molecule has 6 heteroatoms. The van der Waals surface area contributed by atoms with Crippen LogP contribution >= 0.6 is 23.2 Å². The van der Waals surface area contributed by atoms with Gasteiger partial charge in [-0.25, -0.2) is 0 Å². The normalized spacial score (nSPS) is 11.0. The lowest BCUT2D eigenvalue weighted by Crippen LogP contribution is -2.09. The summed E-state index contributed by atoms with van der Waals surface area (Å²) in [6, 6.07) is 5.08. The van der Waals surface area contributed by atoms with E-state index in [1.165, 1.54) is 6.08 Å². The maximum atomic E-state index is 11.9. The molecule has 0 unspecified atom stereocenters. The Hall–Kier alpha value is -1.78. The minimum absolute atomic E-state index is 0.256. The fourth-order valence-corrected chi connectivity index (χ4v) is 2.07. The summed E-state index contributed by atoms with van der Waals surface area (Å²) < 4.78 is 0. The van der Waals surface area contributed by atoms with Crippen LogP contribution in [0.15, 0.2) is 24.3 Å². The molecule has 2 aromatic rings. The van der Waals surface area contributed by atoms with Gasteiger partial charge in [0.15, 0.2) is 0 Å². The van der Waals surface area contributed by atoms with E-state index in [1.54, 1.807) is 24.3 Å². The van der Waals surface area contributed by atoms with Gasteiger partial charge < -0.3 is 5.32 Å². The number of nitrogens with zero attached hydrogens (tertiary/aromatic N) is 1. The van der Waals surface area contributed by atoms with E-state index in [1.807, 2.05) is 13.8 Å². The van der Waals surface area contributed by atoms with Gasteiger partial charge in [0, 0.05) is 16.1 Å². The Balaban J connectivity index is 2.12. The summed E-state index contributed by atoms with van der Waals surface area (Å²) in [7, 11) is 0. The van der Waals surface area contributed by atoms with Crippen LogP contribution in [0.4, 0.5) is 5.69 Å². The molecule has 0 fully saturated rings. The number of anilines is 1. The van der Waals surface area contributed by atoms with E-state index >= 15 is 0 Å². The van der Waals surface area contributed by atoms with Crippen LogP contribution in [0.2, 0.25) is 10.0 Å². The molecule has 0 saturated carbocycles. The molecule has 1 aromatic carbocycles. The highest BCUT2D eigenvalue weighted by atomic mass is 35.5. The summed E-state index contributed by atoms with van der Waals surface area (Å²) in [5, 5.41) is 10.7. The molecule has 2 N–H and O–H groups in total. The van der Waals surface area contributed by atoms with E-state index in [0.29, 0.717) is 21.3 Å². The van der Waals surface area contributed by atoms with Crippen molar-refractivity contribution in [2.24, 2.45) is 0 Å². The molecule has 0 saturated heterocycles. The molecule has 2 rings (SSSR count). The number of aryl methyl sites for hydroxylation is 2. The Morgan fingerprint density at radius 2 is 2.10 bits per heavy atom. The number of carbonyl (C=O) groups excluding carboxylic acids is 1. The average Bonchev–Trinajstić information content (AvgIpc) is 2.71. The first-order valence-corrected chi connectivity index (χ1v) is 6.68. The minimum atomic E-state index is -0.256. The van der Waals surface area contributed by atoms with Crippen molar-refractivity contribution < 1.29 is 4.79 Å². The lowest BCUT2D eigenvalue weighted by atomic mass is 10.2. The molecule has 0 aliphatic carbocycles. The van der Waals surface area contributed by atoms with E-state index in [9.17, 15) is 4.79 Å². The fourth-order valence-electron chi connectivity index (χ4n) is 1.71. The van der Waals surface area contributed by atoms with Gasteiger partial charge in [-0.1, -0.05) is 23.2 Å². The van der Waals surface area contributed by atoms with Gasteiger partial charge in [-0.15, -0.1) is 0 Å². The fraction of sp³-hybridized carbons (Fsp3) is 0.143. The smallest absolute Gasteiger partial charge is 0.248 e. The van der Waals surface area contributed by atoms with Crippen molar-refractivity contribution in [1.82, 2.24) is 10.2 Å². The number of H-pyrrole nitrogens is 1. The molecule has 0 radical (unpaired) electrons. The second-order valence-electron chi connectivity index (χ2n) is 4.30. The van der Waals surface area contributed by atoms with Crippen LogP contribution in [0, 0.1) is 13.8 Å². The molecular formula is C14H13Cl2N3O. The van der Waals surface area contributed by atoms with E-state index in [-0.39, 0.29) is 5.91 Å². The van der Waals surface area contributed by atoms with Crippen LogP contribution in [0.25, 0.3) is 6.08 Å². The second-order valence-corrected chi connectivity index (χ2v) is 5.14. The number of nitrogens with one attached hydrogen (secondary N) is 2. The summed E-state index contributed by atoms with van der Waals surface area (Å²) in [6.45, 7) is 3.66. The van der Waals surface area contributed by atoms with Crippen LogP contribution < -0.4 is 5.32 Å². The summed E-state index contributed by atoms with van der Waals surface area (Å²) in [5.74, 6) is -0.256. The predicted octanol–water partition coefficient (Wildman–Crippen LogP) is 3.99.